The number of aromatic amines is 1. The van der Waals surface area contributed by atoms with Gasteiger partial charge in [0.2, 0.25) is 0 Å². The van der Waals surface area contributed by atoms with Crippen LogP contribution in [-0.4, -0.2) is 15.4 Å². The minimum atomic E-state index is 0.359. The molecule has 4 heteroatoms. The second-order valence-corrected chi connectivity index (χ2v) is 5.17. The first kappa shape index (κ1) is 10.6. The Labute approximate surface area is 100 Å². The molecule has 0 saturated heterocycles. The fourth-order valence-corrected chi connectivity index (χ4v) is 2.14. The van der Waals surface area contributed by atoms with Gasteiger partial charge < -0.3 is 4.52 Å². The Kier molecular flexibility index (Phi) is 2.31. The normalized spacial score (nSPS) is 15.8. The smallest absolute Gasteiger partial charge is 0.149 e. The highest BCUT2D eigenvalue weighted by Crippen LogP contribution is 2.46. The third-order valence-electron chi connectivity index (χ3n) is 3.20. The molecule has 17 heavy (non-hydrogen) atoms. The second-order valence-electron chi connectivity index (χ2n) is 5.17. The Morgan fingerprint density at radius 1 is 1.41 bits per heavy atom. The molecule has 0 radical (unpaired) electrons. The zero-order valence-electron chi connectivity index (χ0n) is 10.4. The van der Waals surface area contributed by atoms with Crippen molar-refractivity contribution in [1.82, 2.24) is 15.4 Å². The van der Waals surface area contributed by atoms with Gasteiger partial charge >= 0.3 is 0 Å². The highest BCUT2D eigenvalue weighted by molar-refractivity contribution is 5.66. The molecule has 0 spiro atoms. The van der Waals surface area contributed by atoms with Crippen molar-refractivity contribution >= 4 is 0 Å². The average Bonchev–Trinajstić information content (AvgIpc) is 2.88. The van der Waals surface area contributed by atoms with E-state index in [-0.39, 0.29) is 0 Å². The van der Waals surface area contributed by atoms with Gasteiger partial charge in [-0.2, -0.15) is 5.10 Å². The van der Waals surface area contributed by atoms with Crippen LogP contribution < -0.4 is 0 Å². The van der Waals surface area contributed by atoms with E-state index in [1.54, 1.807) is 0 Å². The van der Waals surface area contributed by atoms with Crippen molar-refractivity contribution in [3.8, 4) is 11.3 Å². The Balaban J connectivity index is 2.13. The standard InChI is InChI=1S/C13H17N3O/c1-7(2)12-11(10-6-8(3)14-15-10)13(17-16-12)9-4-5-9/h6-7,9H,4-5H2,1-3H3,(H,14,15). The van der Waals surface area contributed by atoms with Gasteiger partial charge in [0.15, 0.2) is 0 Å². The molecule has 1 aliphatic rings. The van der Waals surface area contributed by atoms with E-state index in [0.717, 1.165) is 28.4 Å². The first-order valence-electron chi connectivity index (χ1n) is 6.18. The number of hydrogen-bond donors (Lipinski definition) is 1. The van der Waals surface area contributed by atoms with Crippen LogP contribution >= 0.6 is 0 Å². The van der Waals surface area contributed by atoms with Gasteiger partial charge in [0.25, 0.3) is 0 Å². The molecule has 2 aromatic heterocycles. The summed E-state index contributed by atoms with van der Waals surface area (Å²) in [6.07, 6.45) is 2.42. The van der Waals surface area contributed by atoms with E-state index in [9.17, 15) is 0 Å². The number of aryl methyl sites for hydroxylation is 1. The minimum Gasteiger partial charge on any atom is -0.360 e. The van der Waals surface area contributed by atoms with E-state index in [1.807, 2.05) is 6.92 Å². The molecule has 0 amide bonds. The van der Waals surface area contributed by atoms with Gasteiger partial charge in [-0.25, -0.2) is 0 Å². The van der Waals surface area contributed by atoms with Crippen LogP contribution in [0, 0.1) is 6.92 Å². The minimum absolute atomic E-state index is 0.359. The zero-order chi connectivity index (χ0) is 12.0. The predicted molar refractivity (Wildman–Crippen MR) is 64.9 cm³/mol. The summed E-state index contributed by atoms with van der Waals surface area (Å²) >= 11 is 0. The second kappa shape index (κ2) is 3.72. The van der Waals surface area contributed by atoms with Crippen molar-refractivity contribution in [1.29, 1.82) is 0 Å². The molecule has 1 aliphatic carbocycles. The lowest BCUT2D eigenvalue weighted by Gasteiger charge is -2.02. The molecular weight excluding hydrogens is 214 g/mol. The molecule has 1 fully saturated rings. The van der Waals surface area contributed by atoms with Crippen molar-refractivity contribution in [2.45, 2.75) is 45.4 Å². The number of hydrogen-bond acceptors (Lipinski definition) is 3. The monoisotopic (exact) mass is 231 g/mol. The van der Waals surface area contributed by atoms with Crippen molar-refractivity contribution < 1.29 is 4.52 Å². The Morgan fingerprint density at radius 3 is 2.71 bits per heavy atom. The molecule has 2 aromatic rings. The molecule has 4 nitrogen and oxygen atoms in total. The largest absolute Gasteiger partial charge is 0.360 e. The highest BCUT2D eigenvalue weighted by atomic mass is 16.5. The van der Waals surface area contributed by atoms with Crippen LogP contribution in [0.1, 0.15) is 55.7 Å². The quantitative estimate of drug-likeness (QED) is 0.881. The van der Waals surface area contributed by atoms with Crippen molar-refractivity contribution in [2.75, 3.05) is 0 Å². The topological polar surface area (TPSA) is 54.7 Å². The fraction of sp³-hybridized carbons (Fsp3) is 0.538. The lowest BCUT2D eigenvalue weighted by Crippen LogP contribution is -1.92. The average molecular weight is 231 g/mol. The third kappa shape index (κ3) is 1.77. The Hall–Kier alpha value is -1.58. The first-order chi connectivity index (χ1) is 8.16. The molecule has 1 saturated carbocycles. The van der Waals surface area contributed by atoms with Crippen LogP contribution in [0.25, 0.3) is 11.3 Å². The van der Waals surface area contributed by atoms with Gasteiger partial charge in [0.05, 0.1) is 17.0 Å². The summed E-state index contributed by atoms with van der Waals surface area (Å²) in [7, 11) is 0. The lowest BCUT2D eigenvalue weighted by molar-refractivity contribution is 0.376. The van der Waals surface area contributed by atoms with Gasteiger partial charge in [-0.3, -0.25) is 5.10 Å². The Morgan fingerprint density at radius 2 is 2.18 bits per heavy atom. The van der Waals surface area contributed by atoms with Crippen LogP contribution in [0.15, 0.2) is 10.6 Å². The van der Waals surface area contributed by atoms with E-state index in [0.29, 0.717) is 11.8 Å². The van der Waals surface area contributed by atoms with Crippen molar-refractivity contribution in [3.05, 3.63) is 23.2 Å². The van der Waals surface area contributed by atoms with Crippen LogP contribution in [-0.2, 0) is 0 Å². The molecule has 0 unspecified atom stereocenters. The SMILES string of the molecule is Cc1cc(-c2c(C(C)C)noc2C2CC2)n[nH]1. The third-order valence-corrected chi connectivity index (χ3v) is 3.20. The van der Waals surface area contributed by atoms with E-state index in [2.05, 4.69) is 35.3 Å². The van der Waals surface area contributed by atoms with Crippen LogP contribution in [0.4, 0.5) is 0 Å². The molecule has 3 rings (SSSR count). The molecule has 0 aliphatic heterocycles. The van der Waals surface area contributed by atoms with Gasteiger partial charge in [-0.15, -0.1) is 0 Å². The summed E-state index contributed by atoms with van der Waals surface area (Å²) in [6, 6.07) is 2.06. The lowest BCUT2D eigenvalue weighted by atomic mass is 10.00. The summed E-state index contributed by atoms with van der Waals surface area (Å²) < 4.78 is 5.54. The van der Waals surface area contributed by atoms with Gasteiger partial charge in [0.1, 0.15) is 5.76 Å². The first-order valence-corrected chi connectivity index (χ1v) is 6.18. The summed E-state index contributed by atoms with van der Waals surface area (Å²) in [5.74, 6) is 1.94. The number of H-pyrrole nitrogens is 1. The molecular formula is C13H17N3O. The molecule has 0 atom stereocenters. The van der Waals surface area contributed by atoms with E-state index in [1.165, 1.54) is 12.8 Å². The predicted octanol–water partition coefficient (Wildman–Crippen LogP) is 3.37. The molecule has 90 valence electrons. The Bertz CT molecular complexity index is 515. The van der Waals surface area contributed by atoms with E-state index < -0.39 is 0 Å². The number of rotatable bonds is 3. The summed E-state index contributed by atoms with van der Waals surface area (Å²) in [4.78, 5) is 0. The number of aromatic nitrogens is 3. The van der Waals surface area contributed by atoms with Crippen molar-refractivity contribution in [3.63, 3.8) is 0 Å². The molecule has 1 N–H and O–H groups in total. The number of nitrogens with one attached hydrogen (secondary N) is 1. The maximum atomic E-state index is 5.54. The van der Waals surface area contributed by atoms with Crippen LogP contribution in [0.2, 0.25) is 0 Å². The highest BCUT2D eigenvalue weighted by Gasteiger charge is 2.34. The number of nitrogens with zero attached hydrogens (tertiary/aromatic N) is 2. The molecule has 0 aromatic carbocycles. The summed E-state index contributed by atoms with van der Waals surface area (Å²) in [6.45, 7) is 6.28. The van der Waals surface area contributed by atoms with Gasteiger partial charge in [-0.1, -0.05) is 19.0 Å². The van der Waals surface area contributed by atoms with Crippen molar-refractivity contribution in [2.24, 2.45) is 0 Å². The molecule has 0 bridgehead atoms. The van der Waals surface area contributed by atoms with E-state index in [4.69, 9.17) is 4.52 Å². The maximum absolute atomic E-state index is 5.54. The van der Waals surface area contributed by atoms with Gasteiger partial charge in [-0.05, 0) is 31.7 Å². The van der Waals surface area contributed by atoms with E-state index >= 15 is 0 Å². The maximum Gasteiger partial charge on any atom is 0.149 e. The summed E-state index contributed by atoms with van der Waals surface area (Å²) in [5.41, 5.74) is 4.18. The summed E-state index contributed by atoms with van der Waals surface area (Å²) in [5, 5.41) is 11.6. The van der Waals surface area contributed by atoms with Crippen LogP contribution in [0.3, 0.4) is 0 Å². The zero-order valence-corrected chi connectivity index (χ0v) is 10.4. The molecule has 2 heterocycles. The fourth-order valence-electron chi connectivity index (χ4n) is 2.14. The van der Waals surface area contributed by atoms with Gasteiger partial charge in [0, 0.05) is 11.6 Å². The van der Waals surface area contributed by atoms with Crippen LogP contribution in [0.5, 0.6) is 0 Å².